The van der Waals surface area contributed by atoms with Crippen LogP contribution in [0.2, 0.25) is 0 Å². The van der Waals surface area contributed by atoms with E-state index in [1.165, 1.54) is 0 Å². The molecule has 1 N–H and O–H groups in total. The Labute approximate surface area is 152 Å². The maximum Gasteiger partial charge on any atom is 0.272 e. The van der Waals surface area contributed by atoms with Crippen molar-refractivity contribution in [3.05, 3.63) is 53.5 Å². The lowest BCUT2D eigenvalue weighted by atomic mass is 10.1. The van der Waals surface area contributed by atoms with E-state index in [4.69, 9.17) is 4.74 Å². The lowest BCUT2D eigenvalue weighted by molar-refractivity contribution is 0.0934. The summed E-state index contributed by atoms with van der Waals surface area (Å²) in [4.78, 5) is 12.6. The zero-order valence-corrected chi connectivity index (χ0v) is 15.6. The van der Waals surface area contributed by atoms with E-state index in [9.17, 15) is 4.79 Å². The molecule has 26 heavy (non-hydrogen) atoms. The predicted octanol–water partition coefficient (Wildman–Crippen LogP) is 2.63. The molecule has 7 heteroatoms. The fourth-order valence-corrected chi connectivity index (χ4v) is 3.00. The molecule has 0 aliphatic heterocycles. The molecule has 0 radical (unpaired) electrons. The van der Waals surface area contributed by atoms with E-state index < -0.39 is 0 Å². The van der Waals surface area contributed by atoms with E-state index in [0.717, 1.165) is 28.3 Å². The Hall–Kier alpha value is -3.09. The number of aryl methyl sites for hydroxylation is 3. The van der Waals surface area contributed by atoms with Crippen LogP contribution in [-0.2, 0) is 14.1 Å². The van der Waals surface area contributed by atoms with Gasteiger partial charge in [-0.2, -0.15) is 10.2 Å². The van der Waals surface area contributed by atoms with Gasteiger partial charge in [0.1, 0.15) is 5.75 Å². The fraction of sp³-hybridized carbons (Fsp3) is 0.316. The van der Waals surface area contributed by atoms with E-state index in [1.54, 1.807) is 22.5 Å². The average Bonchev–Trinajstić information content (AvgIpc) is 3.17. The Morgan fingerprint density at radius 3 is 2.46 bits per heavy atom. The van der Waals surface area contributed by atoms with Crippen LogP contribution >= 0.6 is 0 Å². The molecule has 0 saturated heterocycles. The van der Waals surface area contributed by atoms with E-state index in [1.807, 2.05) is 58.4 Å². The second kappa shape index (κ2) is 7.03. The lowest BCUT2D eigenvalue weighted by Gasteiger charge is -2.11. The monoisotopic (exact) mass is 353 g/mol. The van der Waals surface area contributed by atoms with E-state index in [-0.39, 0.29) is 11.9 Å². The van der Waals surface area contributed by atoms with Crippen LogP contribution in [0.3, 0.4) is 0 Å². The van der Waals surface area contributed by atoms with Crippen molar-refractivity contribution in [2.24, 2.45) is 14.1 Å². The van der Waals surface area contributed by atoms with Gasteiger partial charge >= 0.3 is 0 Å². The Balaban J connectivity index is 1.79. The van der Waals surface area contributed by atoms with Crippen molar-refractivity contribution in [2.45, 2.75) is 19.9 Å². The van der Waals surface area contributed by atoms with Crippen LogP contribution in [0.4, 0.5) is 0 Å². The van der Waals surface area contributed by atoms with Gasteiger partial charge in [-0.25, -0.2) is 0 Å². The van der Waals surface area contributed by atoms with Gasteiger partial charge in [0.15, 0.2) is 5.69 Å². The third-order valence-corrected chi connectivity index (χ3v) is 4.36. The number of amides is 1. The minimum Gasteiger partial charge on any atom is -0.497 e. The highest BCUT2D eigenvalue weighted by Gasteiger charge is 2.18. The molecule has 2 heterocycles. The van der Waals surface area contributed by atoms with Crippen LogP contribution in [-0.4, -0.2) is 32.6 Å². The summed E-state index contributed by atoms with van der Waals surface area (Å²) in [5, 5.41) is 11.7. The number of hydrogen-bond acceptors (Lipinski definition) is 4. The van der Waals surface area contributed by atoms with Gasteiger partial charge in [-0.3, -0.25) is 14.2 Å². The molecule has 1 atom stereocenters. The standard InChI is InChI=1S/C19H23N5O2/c1-12(16-11-23(3)21-13(16)2)20-19(25)17-10-18(24(4)22-17)14-6-8-15(26-5)9-7-14/h6-12H,1-5H3,(H,20,25)/t12-/m0/s1. The molecule has 7 nitrogen and oxygen atoms in total. The zero-order chi connectivity index (χ0) is 18.8. The molecule has 0 bridgehead atoms. The first-order chi connectivity index (χ1) is 12.4. The molecule has 0 aliphatic carbocycles. The first kappa shape index (κ1) is 17.7. The molecule has 0 spiro atoms. The van der Waals surface area contributed by atoms with Gasteiger partial charge in [-0.15, -0.1) is 0 Å². The minimum absolute atomic E-state index is 0.150. The summed E-state index contributed by atoms with van der Waals surface area (Å²) in [6.45, 7) is 3.87. The van der Waals surface area contributed by atoms with E-state index in [2.05, 4.69) is 15.5 Å². The number of benzene rings is 1. The number of carbonyl (C=O) groups is 1. The van der Waals surface area contributed by atoms with Gasteiger partial charge in [0.25, 0.3) is 5.91 Å². The Kier molecular flexibility index (Phi) is 4.79. The zero-order valence-electron chi connectivity index (χ0n) is 15.6. The Bertz CT molecular complexity index is 924. The molecule has 0 fully saturated rings. The minimum atomic E-state index is -0.212. The van der Waals surface area contributed by atoms with Crippen LogP contribution in [0, 0.1) is 6.92 Å². The maximum absolute atomic E-state index is 12.6. The van der Waals surface area contributed by atoms with Crippen molar-refractivity contribution < 1.29 is 9.53 Å². The highest BCUT2D eigenvalue weighted by molar-refractivity contribution is 5.93. The number of hydrogen-bond donors (Lipinski definition) is 1. The van der Waals surface area contributed by atoms with Gasteiger partial charge in [0, 0.05) is 31.4 Å². The summed E-state index contributed by atoms with van der Waals surface area (Å²) in [5.41, 5.74) is 4.11. The van der Waals surface area contributed by atoms with Gasteiger partial charge in [0.05, 0.1) is 24.5 Å². The molecule has 2 aromatic heterocycles. The normalized spacial score (nSPS) is 12.0. The largest absolute Gasteiger partial charge is 0.497 e. The molecular weight excluding hydrogens is 330 g/mol. The quantitative estimate of drug-likeness (QED) is 0.765. The maximum atomic E-state index is 12.6. The highest BCUT2D eigenvalue weighted by atomic mass is 16.5. The van der Waals surface area contributed by atoms with Crippen LogP contribution in [0.1, 0.15) is 34.7 Å². The topological polar surface area (TPSA) is 74.0 Å². The van der Waals surface area contributed by atoms with E-state index >= 15 is 0 Å². The van der Waals surface area contributed by atoms with Crippen molar-refractivity contribution in [1.82, 2.24) is 24.9 Å². The summed E-state index contributed by atoms with van der Waals surface area (Å²) < 4.78 is 8.63. The van der Waals surface area contributed by atoms with E-state index in [0.29, 0.717) is 5.69 Å². The number of nitrogens with one attached hydrogen (secondary N) is 1. The number of aromatic nitrogens is 4. The average molecular weight is 353 g/mol. The molecule has 1 amide bonds. The molecule has 0 unspecified atom stereocenters. The van der Waals surface area contributed by atoms with Gasteiger partial charge in [0.2, 0.25) is 0 Å². The molecule has 1 aromatic carbocycles. The number of methoxy groups -OCH3 is 1. The Morgan fingerprint density at radius 2 is 1.88 bits per heavy atom. The van der Waals surface area contributed by atoms with Crippen LogP contribution in [0.25, 0.3) is 11.3 Å². The van der Waals surface area contributed by atoms with Gasteiger partial charge in [-0.1, -0.05) is 0 Å². The molecular formula is C19H23N5O2. The summed E-state index contributed by atoms with van der Waals surface area (Å²) in [5.74, 6) is 0.575. The predicted molar refractivity (Wildman–Crippen MR) is 99.0 cm³/mol. The summed E-state index contributed by atoms with van der Waals surface area (Å²) >= 11 is 0. The number of ether oxygens (including phenoxy) is 1. The third kappa shape index (κ3) is 3.46. The SMILES string of the molecule is COc1ccc(-c2cc(C(=O)N[C@@H](C)c3cn(C)nc3C)nn2C)cc1. The van der Waals surface area contributed by atoms with Crippen molar-refractivity contribution in [3.8, 4) is 17.0 Å². The summed E-state index contributed by atoms with van der Waals surface area (Å²) in [6, 6.07) is 9.30. The van der Waals surface area contributed by atoms with Crippen molar-refractivity contribution in [1.29, 1.82) is 0 Å². The second-order valence-electron chi connectivity index (χ2n) is 6.31. The molecule has 3 rings (SSSR count). The molecule has 0 saturated carbocycles. The molecule has 136 valence electrons. The fourth-order valence-electron chi connectivity index (χ4n) is 3.00. The Morgan fingerprint density at radius 1 is 1.19 bits per heavy atom. The number of rotatable bonds is 5. The van der Waals surface area contributed by atoms with Crippen molar-refractivity contribution in [2.75, 3.05) is 7.11 Å². The second-order valence-corrected chi connectivity index (χ2v) is 6.31. The number of nitrogens with zero attached hydrogens (tertiary/aromatic N) is 4. The summed E-state index contributed by atoms with van der Waals surface area (Å²) in [6.07, 6.45) is 1.92. The smallest absolute Gasteiger partial charge is 0.272 e. The van der Waals surface area contributed by atoms with Crippen molar-refractivity contribution in [3.63, 3.8) is 0 Å². The highest BCUT2D eigenvalue weighted by Crippen LogP contribution is 2.23. The van der Waals surface area contributed by atoms with Crippen molar-refractivity contribution >= 4 is 5.91 Å². The molecule has 0 aliphatic rings. The first-order valence-electron chi connectivity index (χ1n) is 8.38. The van der Waals surface area contributed by atoms with Gasteiger partial charge < -0.3 is 10.1 Å². The lowest BCUT2D eigenvalue weighted by Crippen LogP contribution is -2.27. The van der Waals surface area contributed by atoms with Crippen LogP contribution in [0.5, 0.6) is 5.75 Å². The third-order valence-electron chi connectivity index (χ3n) is 4.36. The first-order valence-corrected chi connectivity index (χ1v) is 8.38. The van der Waals surface area contributed by atoms with Crippen LogP contribution in [0.15, 0.2) is 36.5 Å². The van der Waals surface area contributed by atoms with Gasteiger partial charge in [-0.05, 0) is 44.2 Å². The van der Waals surface area contributed by atoms with Crippen LogP contribution < -0.4 is 10.1 Å². The number of carbonyl (C=O) groups excluding carboxylic acids is 1. The molecule has 3 aromatic rings. The summed E-state index contributed by atoms with van der Waals surface area (Å²) in [7, 11) is 5.32.